The van der Waals surface area contributed by atoms with Crippen LogP contribution in [0.25, 0.3) is 0 Å². The summed E-state index contributed by atoms with van der Waals surface area (Å²) >= 11 is 1.70. The lowest BCUT2D eigenvalue weighted by molar-refractivity contribution is -0.131. The molecule has 18 heavy (non-hydrogen) atoms. The van der Waals surface area contributed by atoms with E-state index in [0.29, 0.717) is 0 Å². The molecule has 1 aliphatic rings. The van der Waals surface area contributed by atoms with Crippen LogP contribution in [0.2, 0.25) is 0 Å². The van der Waals surface area contributed by atoms with Crippen LogP contribution >= 0.6 is 11.3 Å². The number of aryl methyl sites for hydroxylation is 2. The summed E-state index contributed by atoms with van der Waals surface area (Å²) < 4.78 is 0. The van der Waals surface area contributed by atoms with Gasteiger partial charge in [0.2, 0.25) is 5.91 Å². The summed E-state index contributed by atoms with van der Waals surface area (Å²) in [5, 5.41) is 4.32. The van der Waals surface area contributed by atoms with Crippen LogP contribution in [0.15, 0.2) is 0 Å². The van der Waals surface area contributed by atoms with Crippen LogP contribution in [0.5, 0.6) is 0 Å². The van der Waals surface area contributed by atoms with Gasteiger partial charge in [-0.15, -0.1) is 11.3 Å². The normalized spacial score (nSPS) is 21.7. The number of hydrogen-bond acceptors (Lipinski definition) is 4. The van der Waals surface area contributed by atoms with E-state index < -0.39 is 0 Å². The minimum Gasteiger partial charge on any atom is -0.334 e. The van der Waals surface area contributed by atoms with Crippen LogP contribution in [-0.4, -0.2) is 34.9 Å². The molecule has 1 amide bonds. The highest BCUT2D eigenvalue weighted by atomic mass is 32.1. The van der Waals surface area contributed by atoms with Crippen LogP contribution in [0.4, 0.5) is 0 Å². The number of likely N-dealkylation sites (N-methyl/N-ethyl adjacent to an activating group) is 1. The molecular formula is C13H21N3OS. The Labute approximate surface area is 112 Å². The molecule has 4 nitrogen and oxygen atoms in total. The largest absolute Gasteiger partial charge is 0.334 e. The molecule has 1 fully saturated rings. The first kappa shape index (κ1) is 13.5. The highest BCUT2D eigenvalue weighted by Gasteiger charge is 2.35. The molecule has 1 aromatic rings. The molecule has 0 bridgehead atoms. The number of likely N-dealkylation sites (tertiary alicyclic amines) is 1. The summed E-state index contributed by atoms with van der Waals surface area (Å²) in [5.41, 5.74) is 1.06. The molecular weight excluding hydrogens is 246 g/mol. The average molecular weight is 267 g/mol. The SMILES string of the molecule is CCNC1CCN(C(C)c2sc(C)nc2C)C1=O. The number of amides is 1. The summed E-state index contributed by atoms with van der Waals surface area (Å²) in [6.45, 7) is 9.87. The number of thiazole rings is 1. The van der Waals surface area contributed by atoms with Crippen molar-refractivity contribution >= 4 is 17.2 Å². The lowest BCUT2D eigenvalue weighted by Gasteiger charge is -2.24. The van der Waals surface area contributed by atoms with Gasteiger partial charge in [-0.3, -0.25) is 4.79 Å². The molecule has 0 saturated carbocycles. The van der Waals surface area contributed by atoms with E-state index >= 15 is 0 Å². The zero-order valence-corrected chi connectivity index (χ0v) is 12.3. The topological polar surface area (TPSA) is 45.2 Å². The second-order valence-electron chi connectivity index (χ2n) is 4.79. The van der Waals surface area contributed by atoms with E-state index in [4.69, 9.17) is 0 Å². The van der Waals surface area contributed by atoms with Gasteiger partial charge in [0, 0.05) is 11.4 Å². The maximum atomic E-state index is 12.3. The van der Waals surface area contributed by atoms with E-state index in [2.05, 4.69) is 17.2 Å². The zero-order valence-electron chi connectivity index (χ0n) is 11.5. The van der Waals surface area contributed by atoms with Crippen molar-refractivity contribution in [3.63, 3.8) is 0 Å². The fraction of sp³-hybridized carbons (Fsp3) is 0.692. The number of aromatic nitrogens is 1. The van der Waals surface area contributed by atoms with Gasteiger partial charge in [-0.2, -0.15) is 0 Å². The van der Waals surface area contributed by atoms with Gasteiger partial charge < -0.3 is 10.2 Å². The number of carbonyl (C=O) groups excluding carboxylic acids is 1. The molecule has 100 valence electrons. The van der Waals surface area contributed by atoms with Crippen LogP contribution in [0.1, 0.15) is 41.9 Å². The monoisotopic (exact) mass is 267 g/mol. The van der Waals surface area contributed by atoms with Gasteiger partial charge >= 0.3 is 0 Å². The van der Waals surface area contributed by atoms with E-state index in [1.807, 2.05) is 25.7 Å². The molecule has 1 aliphatic heterocycles. The Bertz CT molecular complexity index is 443. The lowest BCUT2D eigenvalue weighted by Crippen LogP contribution is -2.39. The second kappa shape index (κ2) is 5.36. The Morgan fingerprint density at radius 3 is 2.83 bits per heavy atom. The molecule has 2 atom stereocenters. The average Bonchev–Trinajstić information content (AvgIpc) is 2.83. The van der Waals surface area contributed by atoms with Gasteiger partial charge in [0.15, 0.2) is 0 Å². The molecule has 2 heterocycles. The third kappa shape index (κ3) is 2.42. The van der Waals surface area contributed by atoms with Crippen LogP contribution in [0, 0.1) is 13.8 Å². The summed E-state index contributed by atoms with van der Waals surface area (Å²) in [4.78, 5) is 19.9. The summed E-state index contributed by atoms with van der Waals surface area (Å²) in [7, 11) is 0. The van der Waals surface area contributed by atoms with Gasteiger partial charge in [0.25, 0.3) is 0 Å². The third-order valence-corrected chi connectivity index (χ3v) is 4.72. The van der Waals surface area contributed by atoms with Crippen molar-refractivity contribution in [3.8, 4) is 0 Å². The first-order valence-electron chi connectivity index (χ1n) is 6.52. The highest BCUT2D eigenvalue weighted by Crippen LogP contribution is 2.31. The van der Waals surface area contributed by atoms with Crippen molar-refractivity contribution in [2.75, 3.05) is 13.1 Å². The number of nitrogens with one attached hydrogen (secondary N) is 1. The molecule has 0 spiro atoms. The molecule has 0 aliphatic carbocycles. The third-order valence-electron chi connectivity index (χ3n) is 3.48. The predicted molar refractivity (Wildman–Crippen MR) is 73.8 cm³/mol. The van der Waals surface area contributed by atoms with Crippen molar-refractivity contribution in [2.24, 2.45) is 0 Å². The fourth-order valence-corrected chi connectivity index (χ4v) is 3.59. The van der Waals surface area contributed by atoms with Crippen molar-refractivity contribution in [2.45, 2.75) is 46.2 Å². The zero-order chi connectivity index (χ0) is 13.3. The molecule has 2 rings (SSSR count). The summed E-state index contributed by atoms with van der Waals surface area (Å²) in [6.07, 6.45) is 0.911. The molecule has 1 saturated heterocycles. The van der Waals surface area contributed by atoms with E-state index in [-0.39, 0.29) is 18.0 Å². The van der Waals surface area contributed by atoms with Gasteiger partial charge in [-0.05, 0) is 33.7 Å². The molecule has 1 aromatic heterocycles. The fourth-order valence-electron chi connectivity index (χ4n) is 2.60. The Balaban J connectivity index is 2.13. The van der Waals surface area contributed by atoms with Crippen molar-refractivity contribution in [1.29, 1.82) is 0 Å². The molecule has 2 unspecified atom stereocenters. The van der Waals surface area contributed by atoms with Crippen LogP contribution in [0.3, 0.4) is 0 Å². The summed E-state index contributed by atoms with van der Waals surface area (Å²) in [5.74, 6) is 0.231. The minimum atomic E-state index is 0.00627. The quantitative estimate of drug-likeness (QED) is 0.908. The Morgan fingerprint density at radius 1 is 1.56 bits per heavy atom. The number of carbonyl (C=O) groups is 1. The van der Waals surface area contributed by atoms with Crippen molar-refractivity contribution in [1.82, 2.24) is 15.2 Å². The van der Waals surface area contributed by atoms with Gasteiger partial charge in [0.05, 0.1) is 22.8 Å². The maximum Gasteiger partial charge on any atom is 0.240 e. The minimum absolute atomic E-state index is 0.00627. The highest BCUT2D eigenvalue weighted by molar-refractivity contribution is 7.11. The number of rotatable bonds is 4. The van der Waals surface area contributed by atoms with E-state index in [9.17, 15) is 4.79 Å². The van der Waals surface area contributed by atoms with E-state index in [1.165, 1.54) is 4.88 Å². The molecule has 0 aromatic carbocycles. The lowest BCUT2D eigenvalue weighted by atomic mass is 10.2. The van der Waals surface area contributed by atoms with E-state index in [1.54, 1.807) is 11.3 Å². The first-order chi connectivity index (χ1) is 8.54. The van der Waals surface area contributed by atoms with Gasteiger partial charge in [-0.1, -0.05) is 6.92 Å². The number of nitrogens with zero attached hydrogens (tertiary/aromatic N) is 2. The Morgan fingerprint density at radius 2 is 2.28 bits per heavy atom. The van der Waals surface area contributed by atoms with Gasteiger partial charge in [0.1, 0.15) is 0 Å². The predicted octanol–water partition coefficient (Wildman–Crippen LogP) is 2.03. The Hall–Kier alpha value is -0.940. The smallest absolute Gasteiger partial charge is 0.240 e. The van der Waals surface area contributed by atoms with Crippen molar-refractivity contribution < 1.29 is 4.79 Å². The standard InChI is InChI=1S/C13H21N3OS/c1-5-14-11-6-7-16(13(11)17)9(3)12-8(2)15-10(4)18-12/h9,11,14H,5-7H2,1-4H3. The van der Waals surface area contributed by atoms with Gasteiger partial charge in [-0.25, -0.2) is 4.98 Å². The van der Waals surface area contributed by atoms with Crippen LogP contribution < -0.4 is 5.32 Å². The Kier molecular flexibility index (Phi) is 4.02. The number of hydrogen-bond donors (Lipinski definition) is 1. The molecule has 5 heteroatoms. The summed E-state index contributed by atoms with van der Waals surface area (Å²) in [6, 6.07) is 0.152. The van der Waals surface area contributed by atoms with E-state index in [0.717, 1.165) is 30.2 Å². The second-order valence-corrected chi connectivity index (χ2v) is 6.02. The molecule has 0 radical (unpaired) electrons. The maximum absolute atomic E-state index is 12.3. The first-order valence-corrected chi connectivity index (χ1v) is 7.34. The molecule has 1 N–H and O–H groups in total. The van der Waals surface area contributed by atoms with Crippen LogP contribution in [-0.2, 0) is 4.79 Å². The van der Waals surface area contributed by atoms with Crippen molar-refractivity contribution in [3.05, 3.63) is 15.6 Å².